The van der Waals surface area contributed by atoms with E-state index >= 15 is 0 Å². The van der Waals surface area contributed by atoms with Crippen LogP contribution in [-0.2, 0) is 10.0 Å². The summed E-state index contributed by atoms with van der Waals surface area (Å²) in [6.07, 6.45) is 2.79. The Kier molecular flexibility index (Phi) is 6.17. The molecule has 0 aliphatic carbocycles. The molecule has 32 heavy (non-hydrogen) atoms. The van der Waals surface area contributed by atoms with Gasteiger partial charge >= 0.3 is 0 Å². The molecule has 0 saturated carbocycles. The Balaban J connectivity index is 1.54. The monoisotopic (exact) mass is 453 g/mol. The Hall–Kier alpha value is -2.97. The largest absolute Gasteiger partial charge is 0.322 e. The van der Waals surface area contributed by atoms with Crippen molar-refractivity contribution < 1.29 is 13.2 Å². The quantitative estimate of drug-likeness (QED) is 0.608. The lowest BCUT2D eigenvalue weighted by Gasteiger charge is -2.25. The van der Waals surface area contributed by atoms with Gasteiger partial charge in [0.2, 0.25) is 15.6 Å². The van der Waals surface area contributed by atoms with Gasteiger partial charge in [-0.1, -0.05) is 26.3 Å². The Labute approximate surface area is 187 Å². The van der Waals surface area contributed by atoms with E-state index in [0.29, 0.717) is 29.9 Å². The van der Waals surface area contributed by atoms with E-state index in [1.807, 2.05) is 19.9 Å². The average molecular weight is 454 g/mol. The van der Waals surface area contributed by atoms with Crippen LogP contribution in [0.25, 0.3) is 10.9 Å². The van der Waals surface area contributed by atoms with Crippen molar-refractivity contribution in [3.05, 3.63) is 70.0 Å². The fraction of sp³-hybridized carbons (Fsp3) is 0.333. The number of carbonyl (C=O) groups excluding carboxylic acids is 1. The maximum Gasteiger partial charge on any atom is 0.255 e. The molecule has 1 aliphatic rings. The van der Waals surface area contributed by atoms with Crippen LogP contribution in [0.4, 0.5) is 5.69 Å². The molecule has 8 heteroatoms. The number of benzene rings is 2. The van der Waals surface area contributed by atoms with Crippen LogP contribution in [-0.4, -0.2) is 36.7 Å². The molecule has 0 atom stereocenters. The maximum absolute atomic E-state index is 12.8. The SMILES string of the molecule is CC(C)c1cc(=O)[nH]c2cc(NC(=O)c3ccc(S(=O)(=O)N4CCCCC4)cc3)ccc12. The summed E-state index contributed by atoms with van der Waals surface area (Å²) in [6.45, 7) is 5.12. The molecule has 0 spiro atoms. The molecule has 0 unspecified atom stereocenters. The van der Waals surface area contributed by atoms with Crippen LogP contribution < -0.4 is 10.9 Å². The summed E-state index contributed by atoms with van der Waals surface area (Å²) < 4.78 is 27.1. The molecular weight excluding hydrogens is 426 g/mol. The molecule has 1 saturated heterocycles. The van der Waals surface area contributed by atoms with Gasteiger partial charge in [0.1, 0.15) is 0 Å². The molecule has 1 fully saturated rings. The summed E-state index contributed by atoms with van der Waals surface area (Å²) >= 11 is 0. The molecule has 168 valence electrons. The zero-order valence-corrected chi connectivity index (χ0v) is 19.0. The minimum absolute atomic E-state index is 0.185. The summed E-state index contributed by atoms with van der Waals surface area (Å²) in [5.74, 6) is -0.159. The number of sulfonamides is 1. The standard InChI is InChI=1S/C24H27N3O4S/c1-16(2)21-15-23(28)26-22-14-18(8-11-20(21)22)25-24(29)17-6-9-19(10-7-17)32(30,31)27-12-4-3-5-13-27/h6-11,14-16H,3-5,12-13H2,1-2H3,(H,25,29)(H,26,28). The Morgan fingerprint density at radius 1 is 1.00 bits per heavy atom. The van der Waals surface area contributed by atoms with Crippen molar-refractivity contribution in [2.24, 2.45) is 0 Å². The molecule has 0 bridgehead atoms. The summed E-state index contributed by atoms with van der Waals surface area (Å²) in [5.41, 5.74) is 2.32. The van der Waals surface area contributed by atoms with Gasteiger partial charge in [-0.2, -0.15) is 4.31 Å². The molecule has 4 rings (SSSR count). The van der Waals surface area contributed by atoms with E-state index in [9.17, 15) is 18.0 Å². The minimum Gasteiger partial charge on any atom is -0.322 e. The summed E-state index contributed by atoms with van der Waals surface area (Å²) in [7, 11) is -3.54. The second-order valence-electron chi connectivity index (χ2n) is 8.45. The lowest BCUT2D eigenvalue weighted by atomic mass is 9.99. The number of carbonyl (C=O) groups is 1. The number of amides is 1. The molecule has 7 nitrogen and oxygen atoms in total. The van der Waals surface area contributed by atoms with Crippen molar-refractivity contribution in [1.82, 2.24) is 9.29 Å². The first-order valence-electron chi connectivity index (χ1n) is 10.8. The number of anilines is 1. The Bertz CT molecular complexity index is 1310. The van der Waals surface area contributed by atoms with Crippen molar-refractivity contribution in [2.75, 3.05) is 18.4 Å². The first-order chi connectivity index (χ1) is 15.3. The van der Waals surface area contributed by atoms with E-state index in [4.69, 9.17) is 0 Å². The molecule has 1 aromatic heterocycles. The van der Waals surface area contributed by atoms with Crippen molar-refractivity contribution in [3.8, 4) is 0 Å². The zero-order valence-electron chi connectivity index (χ0n) is 18.2. The highest BCUT2D eigenvalue weighted by atomic mass is 32.2. The van der Waals surface area contributed by atoms with E-state index in [1.54, 1.807) is 18.2 Å². The van der Waals surface area contributed by atoms with Crippen LogP contribution in [0.3, 0.4) is 0 Å². The van der Waals surface area contributed by atoms with Gasteiger partial charge < -0.3 is 10.3 Å². The van der Waals surface area contributed by atoms with Crippen LogP contribution in [0.1, 0.15) is 54.9 Å². The highest BCUT2D eigenvalue weighted by Gasteiger charge is 2.26. The number of hydrogen-bond acceptors (Lipinski definition) is 4. The number of piperidine rings is 1. The fourth-order valence-corrected chi connectivity index (χ4v) is 5.60. The number of nitrogens with zero attached hydrogens (tertiary/aromatic N) is 1. The predicted octanol–water partition coefficient (Wildman–Crippen LogP) is 4.08. The molecule has 2 N–H and O–H groups in total. The lowest BCUT2D eigenvalue weighted by Crippen LogP contribution is -2.35. The molecule has 3 aromatic rings. The van der Waals surface area contributed by atoms with Crippen LogP contribution >= 0.6 is 0 Å². The molecule has 0 radical (unpaired) electrons. The topological polar surface area (TPSA) is 99.3 Å². The van der Waals surface area contributed by atoms with Gasteiger partial charge in [0.25, 0.3) is 5.91 Å². The Morgan fingerprint density at radius 3 is 2.34 bits per heavy atom. The number of fused-ring (bicyclic) bond motifs is 1. The third kappa shape index (κ3) is 4.47. The number of hydrogen-bond donors (Lipinski definition) is 2. The summed E-state index contributed by atoms with van der Waals surface area (Å²) in [4.78, 5) is 27.7. The van der Waals surface area contributed by atoms with E-state index in [0.717, 1.165) is 30.2 Å². The van der Waals surface area contributed by atoms with Crippen LogP contribution in [0.15, 0.2) is 58.2 Å². The van der Waals surface area contributed by atoms with E-state index in [2.05, 4.69) is 10.3 Å². The lowest BCUT2D eigenvalue weighted by molar-refractivity contribution is 0.102. The molecule has 2 aromatic carbocycles. The molecule has 1 aliphatic heterocycles. The molecule has 2 heterocycles. The van der Waals surface area contributed by atoms with Crippen LogP contribution in [0.5, 0.6) is 0 Å². The van der Waals surface area contributed by atoms with Gasteiger partial charge in [-0.25, -0.2) is 8.42 Å². The first-order valence-corrected chi connectivity index (χ1v) is 12.3. The Morgan fingerprint density at radius 2 is 1.69 bits per heavy atom. The third-order valence-electron chi connectivity index (χ3n) is 5.82. The minimum atomic E-state index is -3.54. The highest BCUT2D eigenvalue weighted by molar-refractivity contribution is 7.89. The van der Waals surface area contributed by atoms with Crippen molar-refractivity contribution in [2.45, 2.75) is 43.9 Å². The number of H-pyrrole nitrogens is 1. The number of pyridine rings is 1. The molecular formula is C24H27N3O4S. The zero-order chi connectivity index (χ0) is 22.9. The van der Waals surface area contributed by atoms with E-state index < -0.39 is 10.0 Å². The van der Waals surface area contributed by atoms with E-state index in [-0.39, 0.29) is 22.3 Å². The van der Waals surface area contributed by atoms with Crippen molar-refractivity contribution >= 4 is 32.5 Å². The summed E-state index contributed by atoms with van der Waals surface area (Å²) in [6, 6.07) is 13.0. The highest BCUT2D eigenvalue weighted by Crippen LogP contribution is 2.25. The van der Waals surface area contributed by atoms with Gasteiger partial charge in [0.15, 0.2) is 0 Å². The van der Waals surface area contributed by atoms with Gasteiger partial charge in [0.05, 0.1) is 10.4 Å². The van der Waals surface area contributed by atoms with Gasteiger partial charge in [-0.05, 0) is 60.7 Å². The van der Waals surface area contributed by atoms with Gasteiger partial charge in [0, 0.05) is 35.8 Å². The number of nitrogens with one attached hydrogen (secondary N) is 2. The van der Waals surface area contributed by atoms with Gasteiger partial charge in [-0.15, -0.1) is 0 Å². The fourth-order valence-electron chi connectivity index (χ4n) is 4.08. The maximum atomic E-state index is 12.8. The number of aromatic nitrogens is 1. The van der Waals surface area contributed by atoms with E-state index in [1.165, 1.54) is 28.6 Å². The van der Waals surface area contributed by atoms with Crippen LogP contribution in [0.2, 0.25) is 0 Å². The average Bonchev–Trinajstić information content (AvgIpc) is 2.79. The normalized spacial score (nSPS) is 15.2. The molecule has 1 amide bonds. The summed E-state index contributed by atoms with van der Waals surface area (Å²) in [5, 5.41) is 3.75. The van der Waals surface area contributed by atoms with Crippen molar-refractivity contribution in [3.63, 3.8) is 0 Å². The predicted molar refractivity (Wildman–Crippen MR) is 126 cm³/mol. The van der Waals surface area contributed by atoms with Gasteiger partial charge in [-0.3, -0.25) is 9.59 Å². The third-order valence-corrected chi connectivity index (χ3v) is 7.74. The first kappa shape index (κ1) is 22.2. The second kappa shape index (κ2) is 8.88. The smallest absolute Gasteiger partial charge is 0.255 e. The number of aromatic amines is 1. The second-order valence-corrected chi connectivity index (χ2v) is 10.4. The number of rotatable bonds is 5. The van der Waals surface area contributed by atoms with Crippen molar-refractivity contribution in [1.29, 1.82) is 0 Å². The van der Waals surface area contributed by atoms with Crippen LogP contribution in [0, 0.1) is 0 Å².